The number of piperazine rings is 1. The van der Waals surface area contributed by atoms with Crippen molar-refractivity contribution in [1.29, 1.82) is 0 Å². The van der Waals surface area contributed by atoms with Crippen LogP contribution in [0.15, 0.2) is 30.5 Å². The summed E-state index contributed by atoms with van der Waals surface area (Å²) in [5, 5.41) is 10.8. The third-order valence-electron chi connectivity index (χ3n) is 3.90. The summed E-state index contributed by atoms with van der Waals surface area (Å²) in [7, 11) is 0. The quantitative estimate of drug-likeness (QED) is 0.902. The third-order valence-corrected chi connectivity index (χ3v) is 3.90. The second-order valence-electron chi connectivity index (χ2n) is 5.23. The Labute approximate surface area is 119 Å². The van der Waals surface area contributed by atoms with Crippen LogP contribution in [0.25, 0.3) is 10.8 Å². The van der Waals surface area contributed by atoms with Gasteiger partial charge >= 0.3 is 0 Å². The smallest absolute Gasteiger partial charge is 0.159 e. The molecule has 0 spiro atoms. The van der Waals surface area contributed by atoms with Crippen LogP contribution in [0, 0.1) is 0 Å². The molecular weight excluding hydrogens is 250 g/mol. The number of benzene rings is 1. The first-order chi connectivity index (χ1) is 9.88. The Morgan fingerprint density at radius 2 is 1.90 bits per heavy atom. The summed E-state index contributed by atoms with van der Waals surface area (Å²) in [5.41, 5.74) is 5.57. The van der Waals surface area contributed by atoms with E-state index in [0.717, 1.165) is 56.9 Å². The Bertz CT molecular complexity index is 558. The molecule has 106 valence electrons. The van der Waals surface area contributed by atoms with Gasteiger partial charge in [-0.05, 0) is 19.5 Å². The van der Waals surface area contributed by atoms with Gasteiger partial charge < -0.3 is 10.6 Å². The van der Waals surface area contributed by atoms with Crippen LogP contribution in [0.5, 0.6) is 0 Å². The van der Waals surface area contributed by atoms with E-state index >= 15 is 0 Å². The van der Waals surface area contributed by atoms with E-state index in [4.69, 9.17) is 5.73 Å². The minimum Gasteiger partial charge on any atom is -0.352 e. The van der Waals surface area contributed by atoms with Crippen LogP contribution in [-0.4, -0.2) is 54.4 Å². The van der Waals surface area contributed by atoms with Crippen LogP contribution in [0.3, 0.4) is 0 Å². The Morgan fingerprint density at radius 3 is 2.70 bits per heavy atom. The van der Waals surface area contributed by atoms with Crippen LogP contribution >= 0.6 is 0 Å². The summed E-state index contributed by atoms with van der Waals surface area (Å²) in [6, 6.07) is 8.31. The fourth-order valence-corrected chi connectivity index (χ4v) is 2.74. The van der Waals surface area contributed by atoms with Crippen molar-refractivity contribution in [2.24, 2.45) is 5.73 Å². The van der Waals surface area contributed by atoms with Gasteiger partial charge in [-0.2, -0.15) is 5.10 Å². The van der Waals surface area contributed by atoms with E-state index < -0.39 is 0 Å². The maximum absolute atomic E-state index is 5.57. The zero-order valence-electron chi connectivity index (χ0n) is 11.7. The van der Waals surface area contributed by atoms with Crippen LogP contribution in [-0.2, 0) is 0 Å². The lowest BCUT2D eigenvalue weighted by Crippen LogP contribution is -2.47. The van der Waals surface area contributed by atoms with E-state index in [1.54, 1.807) is 0 Å². The summed E-state index contributed by atoms with van der Waals surface area (Å²) < 4.78 is 0. The highest BCUT2D eigenvalue weighted by molar-refractivity contribution is 5.91. The van der Waals surface area contributed by atoms with E-state index in [2.05, 4.69) is 38.2 Å². The third kappa shape index (κ3) is 2.73. The summed E-state index contributed by atoms with van der Waals surface area (Å²) in [6.07, 6.45) is 2.91. The van der Waals surface area contributed by atoms with Crippen molar-refractivity contribution < 1.29 is 0 Å². The molecule has 1 aromatic carbocycles. The molecule has 5 heteroatoms. The molecule has 1 aromatic heterocycles. The molecule has 20 heavy (non-hydrogen) atoms. The largest absolute Gasteiger partial charge is 0.352 e. The maximum atomic E-state index is 5.57. The van der Waals surface area contributed by atoms with Crippen molar-refractivity contribution in [3.8, 4) is 0 Å². The van der Waals surface area contributed by atoms with Crippen molar-refractivity contribution >= 4 is 16.6 Å². The molecule has 0 amide bonds. The van der Waals surface area contributed by atoms with Gasteiger partial charge in [-0.3, -0.25) is 4.90 Å². The molecule has 0 unspecified atom stereocenters. The molecule has 0 aliphatic carbocycles. The Kier molecular flexibility index (Phi) is 4.08. The number of nitrogens with zero attached hydrogens (tertiary/aromatic N) is 4. The van der Waals surface area contributed by atoms with Crippen molar-refractivity contribution in [3.63, 3.8) is 0 Å². The summed E-state index contributed by atoms with van der Waals surface area (Å²) in [5.74, 6) is 1.02. The van der Waals surface area contributed by atoms with E-state index in [0.29, 0.717) is 0 Å². The molecule has 3 rings (SSSR count). The average molecular weight is 271 g/mol. The normalized spacial score (nSPS) is 16.8. The van der Waals surface area contributed by atoms with Gasteiger partial charge in [0.2, 0.25) is 0 Å². The lowest BCUT2D eigenvalue weighted by atomic mass is 10.1. The first-order valence-corrected chi connectivity index (χ1v) is 7.26. The van der Waals surface area contributed by atoms with E-state index in [1.807, 2.05) is 12.3 Å². The molecule has 2 heterocycles. The van der Waals surface area contributed by atoms with Crippen LogP contribution in [0.4, 0.5) is 5.82 Å². The molecule has 0 radical (unpaired) electrons. The van der Waals surface area contributed by atoms with Gasteiger partial charge in [0, 0.05) is 37.0 Å². The first-order valence-electron chi connectivity index (χ1n) is 7.26. The molecule has 0 bridgehead atoms. The topological polar surface area (TPSA) is 58.3 Å². The van der Waals surface area contributed by atoms with Gasteiger partial charge in [0.1, 0.15) is 0 Å². The highest BCUT2D eigenvalue weighted by Gasteiger charge is 2.19. The van der Waals surface area contributed by atoms with Gasteiger partial charge in [0.05, 0.1) is 6.20 Å². The van der Waals surface area contributed by atoms with E-state index in [-0.39, 0.29) is 0 Å². The maximum Gasteiger partial charge on any atom is 0.159 e. The zero-order valence-corrected chi connectivity index (χ0v) is 11.7. The molecule has 5 nitrogen and oxygen atoms in total. The van der Waals surface area contributed by atoms with Crippen molar-refractivity contribution in [2.75, 3.05) is 44.2 Å². The number of anilines is 1. The number of hydrogen-bond acceptors (Lipinski definition) is 5. The fourth-order valence-electron chi connectivity index (χ4n) is 2.74. The molecular formula is C15H21N5. The highest BCUT2D eigenvalue weighted by Crippen LogP contribution is 2.23. The summed E-state index contributed by atoms with van der Waals surface area (Å²) >= 11 is 0. The molecule has 2 N–H and O–H groups in total. The van der Waals surface area contributed by atoms with Gasteiger partial charge in [-0.1, -0.05) is 24.3 Å². The van der Waals surface area contributed by atoms with E-state index in [9.17, 15) is 0 Å². The SMILES string of the molecule is NCCCN1CCN(c2nncc3ccccc23)CC1. The summed E-state index contributed by atoms with van der Waals surface area (Å²) in [4.78, 5) is 4.82. The van der Waals surface area contributed by atoms with Crippen molar-refractivity contribution in [3.05, 3.63) is 30.5 Å². The lowest BCUT2D eigenvalue weighted by Gasteiger charge is -2.35. The fraction of sp³-hybridized carbons (Fsp3) is 0.467. The Morgan fingerprint density at radius 1 is 1.10 bits per heavy atom. The minimum absolute atomic E-state index is 0.773. The Hall–Kier alpha value is -1.72. The Balaban J connectivity index is 1.74. The van der Waals surface area contributed by atoms with Gasteiger partial charge in [-0.15, -0.1) is 5.10 Å². The molecule has 2 aromatic rings. The first kappa shape index (κ1) is 13.3. The zero-order chi connectivity index (χ0) is 13.8. The highest BCUT2D eigenvalue weighted by atomic mass is 15.3. The number of fused-ring (bicyclic) bond motifs is 1. The second-order valence-corrected chi connectivity index (χ2v) is 5.23. The van der Waals surface area contributed by atoms with Gasteiger partial charge in [0.25, 0.3) is 0 Å². The predicted octanol–water partition coefficient (Wildman–Crippen LogP) is 1.10. The predicted molar refractivity (Wildman–Crippen MR) is 81.9 cm³/mol. The lowest BCUT2D eigenvalue weighted by molar-refractivity contribution is 0.256. The number of hydrogen-bond donors (Lipinski definition) is 1. The molecule has 1 saturated heterocycles. The van der Waals surface area contributed by atoms with E-state index in [1.165, 1.54) is 5.39 Å². The molecule has 0 saturated carbocycles. The molecule has 1 aliphatic heterocycles. The second kappa shape index (κ2) is 6.15. The van der Waals surface area contributed by atoms with Crippen LogP contribution < -0.4 is 10.6 Å². The molecule has 1 aliphatic rings. The van der Waals surface area contributed by atoms with Gasteiger partial charge in [-0.25, -0.2) is 0 Å². The number of nitrogens with two attached hydrogens (primary N) is 1. The number of rotatable bonds is 4. The summed E-state index contributed by atoms with van der Waals surface area (Å²) in [6.45, 7) is 6.04. The molecule has 1 fully saturated rings. The minimum atomic E-state index is 0.773. The monoisotopic (exact) mass is 271 g/mol. The van der Waals surface area contributed by atoms with Crippen molar-refractivity contribution in [1.82, 2.24) is 15.1 Å². The average Bonchev–Trinajstić information content (AvgIpc) is 2.53. The van der Waals surface area contributed by atoms with Crippen LogP contribution in [0.1, 0.15) is 6.42 Å². The van der Waals surface area contributed by atoms with Crippen molar-refractivity contribution in [2.45, 2.75) is 6.42 Å². The van der Waals surface area contributed by atoms with Gasteiger partial charge in [0.15, 0.2) is 5.82 Å². The standard InChI is InChI=1S/C15H21N5/c16-6-3-7-19-8-10-20(11-9-19)15-14-5-2-1-4-13(14)12-17-18-15/h1-2,4-5,12H,3,6-11,16H2. The van der Waals surface area contributed by atoms with Crippen LogP contribution in [0.2, 0.25) is 0 Å². The number of aromatic nitrogens is 2. The molecule has 0 atom stereocenters.